The normalized spacial score (nSPS) is 20.0. The lowest BCUT2D eigenvalue weighted by atomic mass is 9.98. The standard InChI is InChI=1S/C19H31N3O3/c1-14-8-10-21(11-9-14)16(3)12-20-18(24)19(4,25)13-22-15(2)6-5-7-17(22)23/h5-7,14,16,25H,8-13H2,1-4H3,(H,20,24). The summed E-state index contributed by atoms with van der Waals surface area (Å²) in [6.07, 6.45) is 2.37. The van der Waals surface area contributed by atoms with E-state index in [4.69, 9.17) is 0 Å². The van der Waals surface area contributed by atoms with Crippen molar-refractivity contribution in [2.45, 2.75) is 58.7 Å². The van der Waals surface area contributed by atoms with Gasteiger partial charge in [0.05, 0.1) is 6.54 Å². The molecule has 0 radical (unpaired) electrons. The van der Waals surface area contributed by atoms with Crippen molar-refractivity contribution in [3.8, 4) is 0 Å². The number of pyridine rings is 1. The highest BCUT2D eigenvalue weighted by Crippen LogP contribution is 2.17. The van der Waals surface area contributed by atoms with Crippen molar-refractivity contribution in [3.05, 3.63) is 34.2 Å². The van der Waals surface area contributed by atoms with Gasteiger partial charge in [-0.15, -0.1) is 0 Å². The molecule has 1 fully saturated rings. The number of hydrogen-bond donors (Lipinski definition) is 2. The number of aliphatic hydroxyl groups is 1. The zero-order chi connectivity index (χ0) is 18.6. The average Bonchev–Trinajstić information content (AvgIpc) is 2.56. The van der Waals surface area contributed by atoms with Crippen molar-refractivity contribution in [3.63, 3.8) is 0 Å². The largest absolute Gasteiger partial charge is 0.378 e. The molecule has 0 bridgehead atoms. The number of likely N-dealkylation sites (tertiary alicyclic amines) is 1. The van der Waals surface area contributed by atoms with E-state index < -0.39 is 11.5 Å². The number of carbonyl (C=O) groups is 1. The van der Waals surface area contributed by atoms with Gasteiger partial charge in [-0.25, -0.2) is 0 Å². The first-order valence-corrected chi connectivity index (χ1v) is 9.12. The summed E-state index contributed by atoms with van der Waals surface area (Å²) >= 11 is 0. The van der Waals surface area contributed by atoms with Crippen LogP contribution in [0.4, 0.5) is 0 Å². The summed E-state index contributed by atoms with van der Waals surface area (Å²) in [5, 5.41) is 13.4. The van der Waals surface area contributed by atoms with Gasteiger partial charge in [0.2, 0.25) is 0 Å². The van der Waals surface area contributed by atoms with Crippen molar-refractivity contribution in [2.24, 2.45) is 5.92 Å². The number of aryl methyl sites for hydroxylation is 1. The molecule has 0 saturated carbocycles. The maximum absolute atomic E-state index is 12.4. The lowest BCUT2D eigenvalue weighted by Crippen LogP contribution is -2.52. The molecule has 2 rings (SSSR count). The summed E-state index contributed by atoms with van der Waals surface area (Å²) < 4.78 is 1.43. The van der Waals surface area contributed by atoms with E-state index in [-0.39, 0.29) is 18.1 Å². The number of piperidine rings is 1. The fourth-order valence-electron chi connectivity index (χ4n) is 3.24. The van der Waals surface area contributed by atoms with Crippen molar-refractivity contribution in [2.75, 3.05) is 19.6 Å². The third-order valence-corrected chi connectivity index (χ3v) is 5.22. The molecule has 2 N–H and O–H groups in total. The average molecular weight is 349 g/mol. The topological polar surface area (TPSA) is 74.6 Å². The highest BCUT2D eigenvalue weighted by Gasteiger charge is 2.32. The van der Waals surface area contributed by atoms with E-state index in [0.717, 1.165) is 24.7 Å². The van der Waals surface area contributed by atoms with Crippen LogP contribution in [0.15, 0.2) is 23.0 Å². The van der Waals surface area contributed by atoms with Gasteiger partial charge in [-0.05, 0) is 58.7 Å². The molecule has 1 aliphatic rings. The van der Waals surface area contributed by atoms with Gasteiger partial charge in [0.15, 0.2) is 5.60 Å². The molecular formula is C19H31N3O3. The molecule has 1 saturated heterocycles. The molecule has 2 heterocycles. The molecule has 1 aromatic heterocycles. The first-order valence-electron chi connectivity index (χ1n) is 9.12. The lowest BCUT2D eigenvalue weighted by molar-refractivity contribution is -0.139. The Labute approximate surface area is 149 Å². The Bertz CT molecular complexity index is 646. The summed E-state index contributed by atoms with van der Waals surface area (Å²) in [5.41, 5.74) is -1.13. The Balaban J connectivity index is 1.91. The molecule has 140 valence electrons. The van der Waals surface area contributed by atoms with Gasteiger partial charge in [-0.2, -0.15) is 0 Å². The van der Waals surface area contributed by atoms with Crippen LogP contribution in [0.5, 0.6) is 0 Å². The Morgan fingerprint density at radius 3 is 2.64 bits per heavy atom. The van der Waals surface area contributed by atoms with Crippen LogP contribution in [0.2, 0.25) is 0 Å². The quantitative estimate of drug-likeness (QED) is 0.808. The van der Waals surface area contributed by atoms with Crippen LogP contribution in [-0.2, 0) is 11.3 Å². The van der Waals surface area contributed by atoms with Crippen LogP contribution in [0.3, 0.4) is 0 Å². The molecule has 6 heteroatoms. The Morgan fingerprint density at radius 2 is 2.04 bits per heavy atom. The van der Waals surface area contributed by atoms with Crippen molar-refractivity contribution < 1.29 is 9.90 Å². The van der Waals surface area contributed by atoms with E-state index in [9.17, 15) is 14.7 Å². The lowest BCUT2D eigenvalue weighted by Gasteiger charge is -2.35. The van der Waals surface area contributed by atoms with Crippen molar-refractivity contribution >= 4 is 5.91 Å². The second-order valence-corrected chi connectivity index (χ2v) is 7.64. The Morgan fingerprint density at radius 1 is 1.40 bits per heavy atom. The van der Waals surface area contributed by atoms with Crippen LogP contribution in [0.25, 0.3) is 0 Å². The highest BCUT2D eigenvalue weighted by atomic mass is 16.3. The van der Waals surface area contributed by atoms with Gasteiger partial charge in [-0.3, -0.25) is 14.5 Å². The number of carbonyl (C=O) groups excluding carboxylic acids is 1. The van der Waals surface area contributed by atoms with E-state index in [1.54, 1.807) is 19.1 Å². The van der Waals surface area contributed by atoms with Crippen LogP contribution in [0.1, 0.15) is 39.3 Å². The second kappa shape index (κ2) is 8.15. The van der Waals surface area contributed by atoms with Gasteiger partial charge >= 0.3 is 0 Å². The molecule has 1 amide bonds. The number of hydrogen-bond acceptors (Lipinski definition) is 4. The number of aromatic nitrogens is 1. The van der Waals surface area contributed by atoms with Crippen LogP contribution in [-0.4, -0.2) is 51.8 Å². The predicted octanol–water partition coefficient (Wildman–Crippen LogP) is 1.14. The zero-order valence-electron chi connectivity index (χ0n) is 15.8. The zero-order valence-corrected chi connectivity index (χ0v) is 15.8. The van der Waals surface area contributed by atoms with E-state index in [1.165, 1.54) is 30.4 Å². The van der Waals surface area contributed by atoms with Gasteiger partial charge in [0.1, 0.15) is 0 Å². The molecule has 0 aliphatic carbocycles. The summed E-state index contributed by atoms with van der Waals surface area (Å²) in [6.45, 7) is 10.1. The van der Waals surface area contributed by atoms with Crippen LogP contribution < -0.4 is 10.9 Å². The summed E-state index contributed by atoms with van der Waals surface area (Å²) in [6, 6.07) is 5.12. The SMILES string of the molecule is Cc1cccc(=O)n1CC(C)(O)C(=O)NCC(C)N1CCC(C)CC1. The van der Waals surface area contributed by atoms with Gasteiger partial charge in [0, 0.05) is 24.3 Å². The van der Waals surface area contributed by atoms with Crippen LogP contribution in [0, 0.1) is 12.8 Å². The van der Waals surface area contributed by atoms with Crippen molar-refractivity contribution in [1.29, 1.82) is 0 Å². The molecular weight excluding hydrogens is 318 g/mol. The molecule has 0 spiro atoms. The number of amides is 1. The second-order valence-electron chi connectivity index (χ2n) is 7.64. The first-order chi connectivity index (χ1) is 11.7. The van der Waals surface area contributed by atoms with Crippen molar-refractivity contribution in [1.82, 2.24) is 14.8 Å². The van der Waals surface area contributed by atoms with E-state index in [2.05, 4.69) is 24.1 Å². The maximum Gasteiger partial charge on any atom is 0.253 e. The molecule has 1 aromatic rings. The summed E-state index contributed by atoms with van der Waals surface area (Å²) in [4.78, 5) is 26.8. The maximum atomic E-state index is 12.4. The molecule has 25 heavy (non-hydrogen) atoms. The Kier molecular flexibility index (Phi) is 6.41. The first kappa shape index (κ1) is 19.7. The molecule has 6 nitrogen and oxygen atoms in total. The van der Waals surface area contributed by atoms with E-state index >= 15 is 0 Å². The monoisotopic (exact) mass is 349 g/mol. The molecule has 2 unspecified atom stereocenters. The molecule has 0 aromatic carbocycles. The molecule has 2 atom stereocenters. The fourth-order valence-corrected chi connectivity index (χ4v) is 3.24. The molecule has 1 aliphatic heterocycles. The highest BCUT2D eigenvalue weighted by molar-refractivity contribution is 5.84. The third kappa shape index (κ3) is 5.16. The minimum absolute atomic E-state index is 0.0556. The van der Waals surface area contributed by atoms with Gasteiger partial charge in [0.25, 0.3) is 11.5 Å². The van der Waals surface area contributed by atoms with Gasteiger partial charge in [-0.1, -0.05) is 13.0 Å². The van der Waals surface area contributed by atoms with E-state index in [0.29, 0.717) is 6.54 Å². The fraction of sp³-hybridized carbons (Fsp3) is 0.684. The number of nitrogens with one attached hydrogen (secondary N) is 1. The van der Waals surface area contributed by atoms with Gasteiger partial charge < -0.3 is 15.0 Å². The van der Waals surface area contributed by atoms with Crippen LogP contribution >= 0.6 is 0 Å². The minimum Gasteiger partial charge on any atom is -0.378 e. The third-order valence-electron chi connectivity index (χ3n) is 5.22. The summed E-state index contributed by atoms with van der Waals surface area (Å²) in [5.74, 6) is 0.325. The summed E-state index contributed by atoms with van der Waals surface area (Å²) in [7, 11) is 0. The predicted molar refractivity (Wildman–Crippen MR) is 98.5 cm³/mol. The Hall–Kier alpha value is -1.66. The minimum atomic E-state index is -1.63. The number of rotatable bonds is 6. The number of nitrogens with zero attached hydrogens (tertiary/aromatic N) is 2. The smallest absolute Gasteiger partial charge is 0.253 e. The van der Waals surface area contributed by atoms with E-state index in [1.807, 2.05) is 0 Å².